The zero-order valence-corrected chi connectivity index (χ0v) is 5.33. The summed E-state index contributed by atoms with van der Waals surface area (Å²) in [4.78, 5) is 4.26. The topological polar surface area (TPSA) is 36.4 Å². The second-order valence-corrected chi connectivity index (χ2v) is 3.19. The number of hydrogen-bond acceptors (Lipinski definition) is 4. The molecule has 0 aromatic rings. The van der Waals surface area contributed by atoms with Crippen LogP contribution in [-0.4, -0.2) is 16.6 Å². The molecule has 0 saturated carbocycles. The Labute approximate surface area is 51.9 Å². The van der Waals surface area contributed by atoms with Gasteiger partial charge in [-0.15, -0.1) is 11.8 Å². The Kier molecular flexibility index (Phi) is 0.804. The Balaban J connectivity index is 2.15. The van der Waals surface area contributed by atoms with Gasteiger partial charge in [-0.1, -0.05) is 0 Å². The van der Waals surface area contributed by atoms with Gasteiger partial charge in [-0.05, 0) is 6.92 Å². The van der Waals surface area contributed by atoms with Gasteiger partial charge in [-0.2, -0.15) is 0 Å². The Morgan fingerprint density at radius 3 is 3.25 bits per heavy atom. The molecule has 3 nitrogen and oxygen atoms in total. The van der Waals surface area contributed by atoms with Crippen molar-refractivity contribution in [3.05, 3.63) is 0 Å². The average Bonchev–Trinajstić information content (AvgIpc) is 2.43. The van der Waals surface area contributed by atoms with Crippen molar-refractivity contribution in [2.75, 3.05) is 0 Å². The lowest BCUT2D eigenvalue weighted by Gasteiger charge is -2.08. The maximum absolute atomic E-state index is 4.26. The summed E-state index contributed by atoms with van der Waals surface area (Å²) in [6.07, 6.45) is 0. The maximum atomic E-state index is 4.26. The third-order valence-electron chi connectivity index (χ3n) is 1.18. The molecule has 1 fully saturated rings. The Morgan fingerprint density at radius 2 is 2.62 bits per heavy atom. The summed E-state index contributed by atoms with van der Waals surface area (Å²) in [7, 11) is 0. The van der Waals surface area contributed by atoms with E-state index in [9.17, 15) is 0 Å². The van der Waals surface area contributed by atoms with Gasteiger partial charge in [0.2, 0.25) is 0 Å². The number of thioether (sulfide) groups is 1. The fourth-order valence-corrected chi connectivity index (χ4v) is 1.39. The normalized spacial score (nSPS) is 41.9. The molecule has 2 N–H and O–H groups in total. The van der Waals surface area contributed by atoms with Crippen molar-refractivity contribution in [2.24, 2.45) is 4.99 Å². The van der Waals surface area contributed by atoms with E-state index in [0.717, 1.165) is 5.84 Å². The summed E-state index contributed by atoms with van der Waals surface area (Å²) < 4.78 is 0. The van der Waals surface area contributed by atoms with Crippen molar-refractivity contribution in [3.8, 4) is 0 Å². The number of hydrogen-bond donors (Lipinski definition) is 2. The predicted octanol–water partition coefficient (Wildman–Crippen LogP) is -0.0884. The molecule has 44 valence electrons. The van der Waals surface area contributed by atoms with Gasteiger partial charge in [0.1, 0.15) is 16.6 Å². The van der Waals surface area contributed by atoms with E-state index in [2.05, 4.69) is 15.8 Å². The molecule has 2 atom stereocenters. The molecule has 0 radical (unpaired) electrons. The Bertz CT molecular complexity index is 144. The summed E-state index contributed by atoms with van der Waals surface area (Å²) >= 11 is 1.84. The lowest BCUT2D eigenvalue weighted by atomic mass is 10.6. The second kappa shape index (κ2) is 1.39. The van der Waals surface area contributed by atoms with E-state index >= 15 is 0 Å². The Hall–Kier alpha value is -0.220. The molecule has 0 aromatic heterocycles. The molecular weight excluding hydrogens is 122 g/mol. The molecular formula is C4H7N3S. The van der Waals surface area contributed by atoms with E-state index in [1.54, 1.807) is 0 Å². The van der Waals surface area contributed by atoms with Gasteiger partial charge in [-0.25, -0.2) is 5.43 Å². The maximum Gasteiger partial charge on any atom is 0.125 e. The van der Waals surface area contributed by atoms with Crippen LogP contribution in [0.4, 0.5) is 0 Å². The van der Waals surface area contributed by atoms with E-state index in [4.69, 9.17) is 0 Å². The molecule has 0 amide bonds. The molecule has 0 aromatic carbocycles. The van der Waals surface area contributed by atoms with Crippen molar-refractivity contribution < 1.29 is 0 Å². The molecule has 2 aliphatic heterocycles. The highest BCUT2D eigenvalue weighted by Crippen LogP contribution is 2.40. The summed E-state index contributed by atoms with van der Waals surface area (Å²) in [5.74, 6) is 0.997. The first kappa shape index (κ1) is 4.64. The molecule has 0 bridgehead atoms. The largest absolute Gasteiger partial charge is 0.309 e. The highest BCUT2D eigenvalue weighted by molar-refractivity contribution is 8.07. The minimum atomic E-state index is 0.510. The first-order valence-electron chi connectivity index (χ1n) is 2.58. The lowest BCUT2D eigenvalue weighted by Crippen LogP contribution is -2.41. The second-order valence-electron chi connectivity index (χ2n) is 1.93. The molecule has 8 heavy (non-hydrogen) atoms. The first-order valence-corrected chi connectivity index (χ1v) is 3.52. The number of rotatable bonds is 0. The summed E-state index contributed by atoms with van der Waals surface area (Å²) in [5.41, 5.74) is 6.04. The van der Waals surface area contributed by atoms with Gasteiger partial charge in [0.15, 0.2) is 0 Å². The molecule has 2 rings (SSSR count). The average molecular weight is 129 g/mol. The minimum Gasteiger partial charge on any atom is -0.309 e. The monoisotopic (exact) mass is 129 g/mol. The van der Waals surface area contributed by atoms with Crippen LogP contribution >= 0.6 is 11.8 Å². The smallest absolute Gasteiger partial charge is 0.125 e. The highest BCUT2D eigenvalue weighted by Gasteiger charge is 2.40. The predicted molar refractivity (Wildman–Crippen MR) is 34.5 cm³/mol. The van der Waals surface area contributed by atoms with Crippen LogP contribution in [0.1, 0.15) is 6.92 Å². The lowest BCUT2D eigenvalue weighted by molar-refractivity contribution is 0.616. The van der Waals surface area contributed by atoms with Crippen molar-refractivity contribution in [3.63, 3.8) is 0 Å². The van der Waals surface area contributed by atoms with Gasteiger partial charge in [0.05, 0.1) is 0 Å². The van der Waals surface area contributed by atoms with Crippen LogP contribution in [0.25, 0.3) is 0 Å². The van der Waals surface area contributed by atoms with Crippen LogP contribution < -0.4 is 10.9 Å². The van der Waals surface area contributed by atoms with Crippen LogP contribution in [0.15, 0.2) is 4.99 Å². The van der Waals surface area contributed by atoms with Crippen molar-refractivity contribution in [1.82, 2.24) is 10.9 Å². The summed E-state index contributed by atoms with van der Waals surface area (Å²) in [6.45, 7) is 1.96. The standard InChI is InChI=1S/C4H7N3S/c1-2-5-3-4(8-3)7-6-2/h3-4,7H,1H3,(H,5,6). The van der Waals surface area contributed by atoms with Crippen molar-refractivity contribution in [2.45, 2.75) is 17.7 Å². The first-order chi connectivity index (χ1) is 3.86. The van der Waals surface area contributed by atoms with Crippen LogP contribution in [0, 0.1) is 0 Å². The summed E-state index contributed by atoms with van der Waals surface area (Å²) in [5, 5.41) is 1.06. The molecule has 2 unspecified atom stereocenters. The van der Waals surface area contributed by atoms with Gasteiger partial charge in [-0.3, -0.25) is 4.99 Å². The zero-order chi connectivity index (χ0) is 5.56. The van der Waals surface area contributed by atoms with E-state index in [1.165, 1.54) is 0 Å². The number of hydrazine groups is 1. The number of nitrogens with zero attached hydrogens (tertiary/aromatic N) is 1. The van der Waals surface area contributed by atoms with E-state index in [1.807, 2.05) is 18.7 Å². The molecule has 4 heteroatoms. The SMILES string of the molecule is CC1=NC2SC2NN1. The molecule has 0 spiro atoms. The third-order valence-corrected chi connectivity index (χ3v) is 2.20. The summed E-state index contributed by atoms with van der Waals surface area (Å²) in [6, 6.07) is 0. The van der Waals surface area contributed by atoms with Crippen LogP contribution in [-0.2, 0) is 0 Å². The fraction of sp³-hybridized carbons (Fsp3) is 0.750. The fourth-order valence-electron chi connectivity index (χ4n) is 0.707. The van der Waals surface area contributed by atoms with Crippen LogP contribution in [0.5, 0.6) is 0 Å². The van der Waals surface area contributed by atoms with Gasteiger partial charge in [0, 0.05) is 0 Å². The van der Waals surface area contributed by atoms with Gasteiger partial charge in [0.25, 0.3) is 0 Å². The van der Waals surface area contributed by atoms with Gasteiger partial charge >= 0.3 is 0 Å². The molecule has 0 aliphatic carbocycles. The Morgan fingerprint density at radius 1 is 1.75 bits per heavy atom. The van der Waals surface area contributed by atoms with Crippen molar-refractivity contribution in [1.29, 1.82) is 0 Å². The van der Waals surface area contributed by atoms with Crippen molar-refractivity contribution >= 4 is 17.6 Å². The molecule has 2 aliphatic rings. The molecule has 1 saturated heterocycles. The number of nitrogens with one attached hydrogen (secondary N) is 2. The minimum absolute atomic E-state index is 0.510. The van der Waals surface area contributed by atoms with Crippen LogP contribution in [0.2, 0.25) is 0 Å². The van der Waals surface area contributed by atoms with Gasteiger partial charge < -0.3 is 5.43 Å². The van der Waals surface area contributed by atoms with Crippen LogP contribution in [0.3, 0.4) is 0 Å². The van der Waals surface area contributed by atoms with E-state index in [0.29, 0.717) is 10.7 Å². The zero-order valence-electron chi connectivity index (χ0n) is 4.51. The third kappa shape index (κ3) is 0.605. The number of amidine groups is 1. The molecule has 2 heterocycles. The quantitative estimate of drug-likeness (QED) is 0.449. The number of fused-ring (bicyclic) bond motifs is 1. The van der Waals surface area contributed by atoms with E-state index < -0.39 is 0 Å². The highest BCUT2D eigenvalue weighted by atomic mass is 32.2. The number of aliphatic imine (C=N–C) groups is 1. The van der Waals surface area contributed by atoms with E-state index in [-0.39, 0.29) is 0 Å².